The van der Waals surface area contributed by atoms with Gasteiger partial charge in [0.15, 0.2) is 0 Å². The van der Waals surface area contributed by atoms with Gasteiger partial charge in [-0.1, -0.05) is 24.3 Å². The van der Waals surface area contributed by atoms with E-state index in [1.807, 2.05) is 29.2 Å². The van der Waals surface area contributed by atoms with Crippen molar-refractivity contribution in [2.75, 3.05) is 52.5 Å². The van der Waals surface area contributed by atoms with E-state index in [0.717, 1.165) is 56.9 Å². The third-order valence-electron chi connectivity index (χ3n) is 5.40. The first kappa shape index (κ1) is 17.5. The number of carbonyl (C=O) groups is 2. The standard InChI is InChI=1S/C19H26N4O3/c24-18-14-21(7-3-6-20-8-10-26-11-9-20)15-19(25)23-13-17-5-2-1-4-16(17)12-22(18)23/h1-2,4-5H,3,6-15H2. The summed E-state index contributed by atoms with van der Waals surface area (Å²) < 4.78 is 5.37. The molecular formula is C19H26N4O3. The summed E-state index contributed by atoms with van der Waals surface area (Å²) in [5, 5.41) is 3.26. The molecule has 3 heterocycles. The van der Waals surface area contributed by atoms with E-state index in [2.05, 4.69) is 4.90 Å². The maximum absolute atomic E-state index is 12.7. The predicted molar refractivity (Wildman–Crippen MR) is 95.9 cm³/mol. The molecule has 0 aliphatic carbocycles. The van der Waals surface area contributed by atoms with E-state index in [4.69, 9.17) is 4.74 Å². The number of rotatable bonds is 4. The average molecular weight is 358 g/mol. The highest BCUT2D eigenvalue weighted by molar-refractivity contribution is 5.87. The summed E-state index contributed by atoms with van der Waals surface area (Å²) in [6, 6.07) is 8.04. The van der Waals surface area contributed by atoms with E-state index in [9.17, 15) is 9.59 Å². The fourth-order valence-corrected chi connectivity index (χ4v) is 3.91. The first-order chi connectivity index (χ1) is 12.7. The molecule has 7 heteroatoms. The molecule has 0 atom stereocenters. The van der Waals surface area contributed by atoms with Gasteiger partial charge >= 0.3 is 0 Å². The van der Waals surface area contributed by atoms with Crippen LogP contribution in [0.4, 0.5) is 0 Å². The van der Waals surface area contributed by atoms with E-state index in [1.54, 1.807) is 10.0 Å². The Bertz CT molecular complexity index is 630. The van der Waals surface area contributed by atoms with E-state index in [-0.39, 0.29) is 11.8 Å². The van der Waals surface area contributed by atoms with Crippen molar-refractivity contribution in [2.45, 2.75) is 19.5 Å². The topological polar surface area (TPSA) is 56.3 Å². The van der Waals surface area contributed by atoms with Gasteiger partial charge in [-0.05, 0) is 24.1 Å². The second kappa shape index (κ2) is 7.73. The number of morpholine rings is 1. The van der Waals surface area contributed by atoms with Crippen LogP contribution in [-0.4, -0.2) is 84.1 Å². The molecule has 0 spiro atoms. The van der Waals surface area contributed by atoms with Gasteiger partial charge in [0.2, 0.25) is 0 Å². The van der Waals surface area contributed by atoms with Crippen LogP contribution in [-0.2, 0) is 27.4 Å². The van der Waals surface area contributed by atoms with Crippen LogP contribution in [0.5, 0.6) is 0 Å². The Kier molecular flexibility index (Phi) is 5.19. The zero-order valence-electron chi connectivity index (χ0n) is 15.1. The van der Waals surface area contributed by atoms with Gasteiger partial charge in [-0.25, -0.2) is 10.0 Å². The quantitative estimate of drug-likeness (QED) is 0.775. The average Bonchev–Trinajstić information content (AvgIpc) is 2.78. The van der Waals surface area contributed by atoms with Crippen molar-refractivity contribution < 1.29 is 14.3 Å². The highest BCUT2D eigenvalue weighted by Gasteiger charge is 2.35. The smallest absolute Gasteiger partial charge is 0.255 e. The fourth-order valence-electron chi connectivity index (χ4n) is 3.91. The Hall–Kier alpha value is -1.96. The van der Waals surface area contributed by atoms with Crippen molar-refractivity contribution in [3.8, 4) is 0 Å². The summed E-state index contributed by atoms with van der Waals surface area (Å²) in [5.74, 6) is 0.0217. The molecule has 0 saturated carbocycles. The van der Waals surface area contributed by atoms with E-state index < -0.39 is 0 Å². The lowest BCUT2D eigenvalue weighted by Crippen LogP contribution is -2.50. The molecule has 1 aromatic rings. The van der Waals surface area contributed by atoms with Crippen molar-refractivity contribution >= 4 is 11.8 Å². The second-order valence-corrected chi connectivity index (χ2v) is 7.19. The molecule has 3 aliphatic rings. The molecule has 0 aromatic heterocycles. The lowest BCUT2D eigenvalue weighted by Gasteiger charge is -2.37. The highest BCUT2D eigenvalue weighted by Crippen LogP contribution is 2.24. The summed E-state index contributed by atoms with van der Waals surface area (Å²) in [7, 11) is 0. The molecule has 0 bridgehead atoms. The monoisotopic (exact) mass is 358 g/mol. The molecular weight excluding hydrogens is 332 g/mol. The molecule has 2 saturated heterocycles. The molecule has 0 unspecified atom stereocenters. The number of hydrogen-bond acceptors (Lipinski definition) is 5. The zero-order valence-corrected chi connectivity index (χ0v) is 15.1. The first-order valence-corrected chi connectivity index (χ1v) is 9.40. The molecule has 26 heavy (non-hydrogen) atoms. The second-order valence-electron chi connectivity index (χ2n) is 7.19. The molecule has 4 rings (SSSR count). The molecule has 0 radical (unpaired) electrons. The Morgan fingerprint density at radius 1 is 0.769 bits per heavy atom. The number of hydrogen-bond donors (Lipinski definition) is 0. The van der Waals surface area contributed by atoms with Gasteiger partial charge in [-0.15, -0.1) is 0 Å². The SMILES string of the molecule is O=C1CN(CCCN2CCOCC2)CC(=O)N2Cc3ccccc3CN12. The van der Waals surface area contributed by atoms with Gasteiger partial charge in [0, 0.05) is 19.6 Å². The zero-order chi connectivity index (χ0) is 17.9. The Morgan fingerprint density at radius 2 is 1.31 bits per heavy atom. The number of carbonyl (C=O) groups excluding carboxylic acids is 2. The summed E-state index contributed by atoms with van der Waals surface area (Å²) in [4.78, 5) is 29.9. The van der Waals surface area contributed by atoms with Crippen LogP contribution in [0.1, 0.15) is 17.5 Å². The molecule has 3 aliphatic heterocycles. The van der Waals surface area contributed by atoms with Gasteiger partial charge in [0.25, 0.3) is 11.8 Å². The van der Waals surface area contributed by atoms with Crippen LogP contribution in [0.15, 0.2) is 24.3 Å². The molecule has 2 fully saturated rings. The molecule has 140 valence electrons. The molecule has 1 aromatic carbocycles. The van der Waals surface area contributed by atoms with Gasteiger partial charge < -0.3 is 4.74 Å². The number of fused-ring (bicyclic) bond motifs is 2. The minimum atomic E-state index is 0.0109. The van der Waals surface area contributed by atoms with Crippen molar-refractivity contribution in [3.05, 3.63) is 35.4 Å². The maximum Gasteiger partial charge on any atom is 0.255 e. The van der Waals surface area contributed by atoms with Crippen molar-refractivity contribution in [1.82, 2.24) is 19.8 Å². The van der Waals surface area contributed by atoms with E-state index in [0.29, 0.717) is 26.2 Å². The normalized spacial score (nSPS) is 22.2. The van der Waals surface area contributed by atoms with Crippen molar-refractivity contribution in [2.24, 2.45) is 0 Å². The summed E-state index contributed by atoms with van der Waals surface area (Å²) in [6.07, 6.45) is 0.959. The lowest BCUT2D eigenvalue weighted by molar-refractivity contribution is -0.164. The van der Waals surface area contributed by atoms with Gasteiger partial charge in [0.05, 0.1) is 39.4 Å². The van der Waals surface area contributed by atoms with Gasteiger partial charge in [-0.3, -0.25) is 19.4 Å². The van der Waals surface area contributed by atoms with E-state index in [1.165, 1.54) is 0 Å². The van der Waals surface area contributed by atoms with Crippen molar-refractivity contribution in [3.63, 3.8) is 0 Å². The van der Waals surface area contributed by atoms with Crippen LogP contribution >= 0.6 is 0 Å². The Balaban J connectivity index is 1.37. The first-order valence-electron chi connectivity index (χ1n) is 9.40. The lowest BCUT2D eigenvalue weighted by atomic mass is 10.1. The number of hydrazine groups is 1. The largest absolute Gasteiger partial charge is 0.379 e. The van der Waals surface area contributed by atoms with Crippen LogP contribution in [0, 0.1) is 0 Å². The molecule has 7 nitrogen and oxygen atoms in total. The summed E-state index contributed by atoms with van der Waals surface area (Å²) in [6.45, 7) is 6.89. The third kappa shape index (κ3) is 3.75. The predicted octanol–water partition coefficient (Wildman–Crippen LogP) is 0.310. The third-order valence-corrected chi connectivity index (χ3v) is 5.40. The maximum atomic E-state index is 12.7. The summed E-state index contributed by atoms with van der Waals surface area (Å²) >= 11 is 0. The highest BCUT2D eigenvalue weighted by atomic mass is 16.5. The minimum Gasteiger partial charge on any atom is -0.379 e. The fraction of sp³-hybridized carbons (Fsp3) is 0.579. The number of benzene rings is 1. The van der Waals surface area contributed by atoms with Gasteiger partial charge in [0.1, 0.15) is 0 Å². The van der Waals surface area contributed by atoms with Crippen molar-refractivity contribution in [1.29, 1.82) is 0 Å². The van der Waals surface area contributed by atoms with Crippen LogP contribution in [0.2, 0.25) is 0 Å². The Morgan fingerprint density at radius 3 is 1.88 bits per heavy atom. The van der Waals surface area contributed by atoms with E-state index >= 15 is 0 Å². The number of amides is 2. The minimum absolute atomic E-state index is 0.0109. The Labute approximate surface area is 154 Å². The molecule has 2 amide bonds. The number of nitrogens with zero attached hydrogens (tertiary/aromatic N) is 4. The van der Waals surface area contributed by atoms with Crippen LogP contribution < -0.4 is 0 Å². The summed E-state index contributed by atoms with van der Waals surface area (Å²) in [5.41, 5.74) is 2.26. The number of ether oxygens (including phenoxy) is 1. The van der Waals surface area contributed by atoms with Gasteiger partial charge in [-0.2, -0.15) is 0 Å². The van der Waals surface area contributed by atoms with Crippen LogP contribution in [0.25, 0.3) is 0 Å². The molecule has 0 N–H and O–H groups in total. The van der Waals surface area contributed by atoms with Crippen LogP contribution in [0.3, 0.4) is 0 Å².